The minimum absolute atomic E-state index is 0.802. The topological polar surface area (TPSA) is 58.6 Å². The molecular formula is C6H12F3NO3. The third-order valence-corrected chi connectivity index (χ3v) is 0.693. The summed E-state index contributed by atoms with van der Waals surface area (Å²) in [5.41, 5.74) is 2.57. The Labute approximate surface area is 73.6 Å². The summed E-state index contributed by atoms with van der Waals surface area (Å²) in [6, 6.07) is 0. The van der Waals surface area contributed by atoms with E-state index in [4.69, 9.17) is 14.7 Å². The van der Waals surface area contributed by atoms with Crippen LogP contribution < -0.4 is 5.48 Å². The Morgan fingerprint density at radius 3 is 2.00 bits per heavy atom. The van der Waals surface area contributed by atoms with Crippen molar-refractivity contribution >= 4 is 5.97 Å². The van der Waals surface area contributed by atoms with Crippen LogP contribution in [0.3, 0.4) is 0 Å². The maximum atomic E-state index is 10.6. The molecule has 0 amide bonds. The number of hydrogen-bond acceptors (Lipinski definition) is 3. The molecule has 2 N–H and O–H groups in total. The highest BCUT2D eigenvalue weighted by Crippen LogP contribution is 2.13. The Bertz CT molecular complexity index is 134. The van der Waals surface area contributed by atoms with E-state index in [1.165, 1.54) is 0 Å². The summed E-state index contributed by atoms with van der Waals surface area (Å²) in [6.07, 6.45) is -4.01. The number of hydrogen-bond donors (Lipinski definition) is 2. The molecule has 0 spiro atoms. The molecule has 0 rings (SSSR count). The highest BCUT2D eigenvalue weighted by Gasteiger charge is 2.38. The predicted octanol–water partition coefficient (Wildman–Crippen LogP) is 1.18. The second kappa shape index (κ2) is 7.81. The number of halogens is 3. The molecule has 7 heteroatoms. The van der Waals surface area contributed by atoms with Crippen molar-refractivity contribution in [2.45, 2.75) is 19.5 Å². The summed E-state index contributed by atoms with van der Waals surface area (Å²) >= 11 is 0. The Morgan fingerprint density at radius 2 is 1.92 bits per heavy atom. The van der Waals surface area contributed by atoms with Crippen molar-refractivity contribution in [2.75, 3.05) is 13.7 Å². The smallest absolute Gasteiger partial charge is 0.475 e. The number of alkyl halides is 3. The van der Waals surface area contributed by atoms with Gasteiger partial charge in [0.25, 0.3) is 0 Å². The highest BCUT2D eigenvalue weighted by atomic mass is 19.4. The van der Waals surface area contributed by atoms with E-state index >= 15 is 0 Å². The lowest BCUT2D eigenvalue weighted by molar-refractivity contribution is -0.192. The van der Waals surface area contributed by atoms with Crippen LogP contribution in [0.2, 0.25) is 0 Å². The molecule has 0 aromatic heterocycles. The molecule has 0 unspecified atom stereocenters. The molecule has 80 valence electrons. The molecular weight excluding hydrogens is 191 g/mol. The van der Waals surface area contributed by atoms with Crippen molar-refractivity contribution < 1.29 is 27.9 Å². The number of carbonyl (C=O) groups is 1. The highest BCUT2D eigenvalue weighted by molar-refractivity contribution is 5.73. The second-order valence-electron chi connectivity index (χ2n) is 1.86. The van der Waals surface area contributed by atoms with Crippen LogP contribution in [0.1, 0.15) is 13.3 Å². The van der Waals surface area contributed by atoms with Gasteiger partial charge in [-0.2, -0.15) is 13.2 Å². The Kier molecular flexibility index (Phi) is 8.83. The molecule has 0 bridgehead atoms. The van der Waals surface area contributed by atoms with Gasteiger partial charge < -0.3 is 9.94 Å². The van der Waals surface area contributed by atoms with E-state index in [-0.39, 0.29) is 0 Å². The average molecular weight is 203 g/mol. The van der Waals surface area contributed by atoms with Crippen LogP contribution in [0.25, 0.3) is 0 Å². The summed E-state index contributed by atoms with van der Waals surface area (Å²) in [5, 5.41) is 7.12. The molecule has 0 saturated carbocycles. The van der Waals surface area contributed by atoms with Crippen LogP contribution in [-0.4, -0.2) is 30.9 Å². The number of carboxylic acids is 1. The molecule has 0 aromatic carbocycles. The molecule has 0 fully saturated rings. The van der Waals surface area contributed by atoms with E-state index in [2.05, 4.69) is 12.4 Å². The third kappa shape index (κ3) is 14.1. The zero-order chi connectivity index (χ0) is 10.9. The van der Waals surface area contributed by atoms with Gasteiger partial charge in [0.15, 0.2) is 0 Å². The lowest BCUT2D eigenvalue weighted by atomic mass is 10.5. The largest absolute Gasteiger partial charge is 0.490 e. The molecule has 13 heavy (non-hydrogen) atoms. The minimum atomic E-state index is -5.08. The van der Waals surface area contributed by atoms with Crippen LogP contribution >= 0.6 is 0 Å². The molecule has 0 aliphatic rings. The van der Waals surface area contributed by atoms with E-state index in [9.17, 15) is 13.2 Å². The van der Waals surface area contributed by atoms with E-state index < -0.39 is 12.1 Å². The average Bonchev–Trinajstić information content (AvgIpc) is 2.00. The first kappa shape index (κ1) is 14.7. The Hall–Kier alpha value is -0.820. The fraction of sp³-hybridized carbons (Fsp3) is 0.833. The van der Waals surface area contributed by atoms with Crippen molar-refractivity contribution in [3.05, 3.63) is 0 Å². The quantitative estimate of drug-likeness (QED) is 0.534. The van der Waals surface area contributed by atoms with Crippen LogP contribution in [0, 0.1) is 0 Å². The number of rotatable bonds is 3. The zero-order valence-corrected chi connectivity index (χ0v) is 7.31. The lowest BCUT2D eigenvalue weighted by Gasteiger charge is -1.93. The Balaban J connectivity index is 0. The van der Waals surface area contributed by atoms with E-state index in [0.717, 1.165) is 13.0 Å². The molecule has 0 heterocycles. The summed E-state index contributed by atoms with van der Waals surface area (Å²) in [7, 11) is 1.76. The maximum absolute atomic E-state index is 10.6. The summed E-state index contributed by atoms with van der Waals surface area (Å²) in [6.45, 7) is 2.87. The van der Waals surface area contributed by atoms with Gasteiger partial charge in [0.1, 0.15) is 0 Å². The standard InChI is InChI=1S/C4H11NO.C2HF3O2/c1-3-4-6-5-2;3-2(4,5)1(6)7/h5H,3-4H2,1-2H3;(H,6,7). The van der Waals surface area contributed by atoms with Crippen LogP contribution in [0.5, 0.6) is 0 Å². The normalized spacial score (nSPS) is 10.2. The SMILES string of the molecule is CCCONC.O=C(O)C(F)(F)F. The first-order valence-electron chi connectivity index (χ1n) is 3.44. The predicted molar refractivity (Wildman–Crippen MR) is 39.0 cm³/mol. The summed E-state index contributed by atoms with van der Waals surface area (Å²) < 4.78 is 31.7. The van der Waals surface area contributed by atoms with Crippen LogP contribution in [0.15, 0.2) is 0 Å². The molecule has 0 atom stereocenters. The fourth-order valence-corrected chi connectivity index (χ4v) is 0.204. The van der Waals surface area contributed by atoms with Gasteiger partial charge in [-0.1, -0.05) is 6.92 Å². The number of aliphatic carboxylic acids is 1. The third-order valence-electron chi connectivity index (χ3n) is 0.693. The fourth-order valence-electron chi connectivity index (χ4n) is 0.204. The summed E-state index contributed by atoms with van der Waals surface area (Å²) in [5.74, 6) is -2.76. The number of hydroxylamine groups is 1. The first-order valence-corrected chi connectivity index (χ1v) is 3.44. The molecule has 0 aromatic rings. The van der Waals surface area contributed by atoms with E-state index in [0.29, 0.717) is 0 Å². The summed E-state index contributed by atoms with van der Waals surface area (Å²) in [4.78, 5) is 13.6. The lowest BCUT2D eigenvalue weighted by Crippen LogP contribution is -2.21. The van der Waals surface area contributed by atoms with Crippen molar-refractivity contribution in [2.24, 2.45) is 0 Å². The first-order chi connectivity index (χ1) is 5.86. The minimum Gasteiger partial charge on any atom is -0.475 e. The van der Waals surface area contributed by atoms with Crippen LogP contribution in [0.4, 0.5) is 13.2 Å². The van der Waals surface area contributed by atoms with Gasteiger partial charge in [0, 0.05) is 7.05 Å². The van der Waals surface area contributed by atoms with Crippen molar-refractivity contribution in [1.29, 1.82) is 0 Å². The number of nitrogens with one attached hydrogen (secondary N) is 1. The van der Waals surface area contributed by atoms with Gasteiger partial charge >= 0.3 is 12.1 Å². The van der Waals surface area contributed by atoms with E-state index in [1.807, 2.05) is 0 Å². The van der Waals surface area contributed by atoms with Gasteiger partial charge in [-0.25, -0.2) is 10.3 Å². The zero-order valence-electron chi connectivity index (χ0n) is 7.31. The maximum Gasteiger partial charge on any atom is 0.490 e. The monoisotopic (exact) mass is 203 g/mol. The van der Waals surface area contributed by atoms with Gasteiger partial charge in [0.05, 0.1) is 6.61 Å². The molecule has 0 radical (unpaired) electrons. The van der Waals surface area contributed by atoms with E-state index in [1.54, 1.807) is 7.05 Å². The molecule has 4 nitrogen and oxygen atoms in total. The van der Waals surface area contributed by atoms with Crippen molar-refractivity contribution in [1.82, 2.24) is 5.48 Å². The van der Waals surface area contributed by atoms with Crippen LogP contribution in [-0.2, 0) is 9.63 Å². The molecule has 0 saturated heterocycles. The van der Waals surface area contributed by atoms with Gasteiger partial charge in [-0.05, 0) is 6.42 Å². The Morgan fingerprint density at radius 1 is 1.54 bits per heavy atom. The van der Waals surface area contributed by atoms with Crippen molar-refractivity contribution in [3.63, 3.8) is 0 Å². The number of carboxylic acid groups (broad SMARTS) is 1. The molecule has 0 aliphatic heterocycles. The van der Waals surface area contributed by atoms with Crippen molar-refractivity contribution in [3.8, 4) is 0 Å². The van der Waals surface area contributed by atoms with Gasteiger partial charge in [-0.3, -0.25) is 0 Å². The second-order valence-corrected chi connectivity index (χ2v) is 1.86. The van der Waals surface area contributed by atoms with Gasteiger partial charge in [-0.15, -0.1) is 0 Å². The van der Waals surface area contributed by atoms with Gasteiger partial charge in [0.2, 0.25) is 0 Å². The molecule has 0 aliphatic carbocycles.